The van der Waals surface area contributed by atoms with E-state index in [1.807, 2.05) is 24.3 Å². The van der Waals surface area contributed by atoms with Crippen molar-refractivity contribution in [2.24, 2.45) is 5.92 Å². The van der Waals surface area contributed by atoms with Crippen molar-refractivity contribution in [3.63, 3.8) is 0 Å². The number of fused-ring (bicyclic) bond motifs is 5. The number of aryl methyl sites for hydroxylation is 1. The molecule has 0 radical (unpaired) electrons. The molecule has 3 saturated heterocycles. The van der Waals surface area contributed by atoms with Gasteiger partial charge in [0.05, 0.1) is 11.8 Å². The minimum atomic E-state index is -0.422. The molecule has 8 heteroatoms. The summed E-state index contributed by atoms with van der Waals surface area (Å²) in [4.78, 5) is 9.92. The highest BCUT2D eigenvalue weighted by Crippen LogP contribution is 2.49. The van der Waals surface area contributed by atoms with Crippen LogP contribution in [0, 0.1) is 23.1 Å². The SMILES string of the molecule is C[C@H](Oc1nc2c(F)c(-c3cc(O)cc4ccccc34)c(CCC#N)cc2c2c1CCCN2C1C2CNC1C2)C1CCCN1C. The predicted octanol–water partition coefficient (Wildman–Crippen LogP) is 6.33. The monoisotopic (exact) mass is 605 g/mol. The van der Waals surface area contributed by atoms with E-state index in [4.69, 9.17) is 9.72 Å². The predicted molar refractivity (Wildman–Crippen MR) is 175 cm³/mol. The van der Waals surface area contributed by atoms with Crippen molar-refractivity contribution in [1.29, 1.82) is 5.26 Å². The molecule has 0 spiro atoms. The number of aromatic hydroxyl groups is 1. The Morgan fingerprint density at radius 1 is 1.18 bits per heavy atom. The molecule has 0 amide bonds. The minimum absolute atomic E-state index is 0.0745. The van der Waals surface area contributed by atoms with Gasteiger partial charge in [-0.05, 0) is 105 Å². The smallest absolute Gasteiger partial charge is 0.219 e. The molecule has 1 aliphatic carbocycles. The molecule has 1 saturated carbocycles. The molecule has 5 atom stereocenters. The second-order valence-electron chi connectivity index (χ2n) is 13.5. The number of hydrogen-bond acceptors (Lipinski definition) is 7. The van der Waals surface area contributed by atoms with Crippen LogP contribution in [0.3, 0.4) is 0 Å². The molecule has 7 nitrogen and oxygen atoms in total. The van der Waals surface area contributed by atoms with E-state index in [2.05, 4.69) is 41.2 Å². The number of pyridine rings is 1. The fourth-order valence-electron chi connectivity index (χ4n) is 8.79. The number of halogens is 1. The Kier molecular flexibility index (Phi) is 7.07. The van der Waals surface area contributed by atoms with Crippen LogP contribution in [0.25, 0.3) is 32.8 Å². The first-order valence-corrected chi connectivity index (χ1v) is 16.6. The van der Waals surface area contributed by atoms with Gasteiger partial charge in [0.2, 0.25) is 5.88 Å². The number of nitrogens with zero attached hydrogens (tertiary/aromatic N) is 4. The van der Waals surface area contributed by atoms with Crippen LogP contribution in [0.15, 0.2) is 42.5 Å². The van der Waals surface area contributed by atoms with Crippen molar-refractivity contribution in [2.45, 2.75) is 76.1 Å². The van der Waals surface area contributed by atoms with Gasteiger partial charge in [-0.15, -0.1) is 0 Å². The summed E-state index contributed by atoms with van der Waals surface area (Å²) in [6.45, 7) is 5.11. The number of phenolic OH excluding ortho intramolecular Hbond substituents is 1. The highest BCUT2D eigenvalue weighted by atomic mass is 19.1. The van der Waals surface area contributed by atoms with E-state index in [-0.39, 0.29) is 24.3 Å². The Hall–Kier alpha value is -3.93. The van der Waals surface area contributed by atoms with Gasteiger partial charge in [0.25, 0.3) is 0 Å². The van der Waals surface area contributed by atoms with E-state index in [0.29, 0.717) is 46.9 Å². The first-order valence-electron chi connectivity index (χ1n) is 16.6. The van der Waals surface area contributed by atoms with Crippen molar-refractivity contribution in [3.05, 3.63) is 59.4 Å². The maximum atomic E-state index is 17.4. The average Bonchev–Trinajstić information content (AvgIpc) is 3.79. The lowest BCUT2D eigenvalue weighted by Crippen LogP contribution is -2.56. The van der Waals surface area contributed by atoms with Gasteiger partial charge in [-0.25, -0.2) is 9.37 Å². The molecule has 4 unspecified atom stereocenters. The molecule has 4 fully saturated rings. The number of aromatic nitrogens is 1. The third-order valence-corrected chi connectivity index (χ3v) is 10.9. The van der Waals surface area contributed by atoms with E-state index in [1.54, 1.807) is 12.1 Å². The molecule has 5 heterocycles. The number of likely N-dealkylation sites (N-methyl/N-ethyl adjacent to an activating group) is 1. The van der Waals surface area contributed by atoms with E-state index in [0.717, 1.165) is 78.3 Å². The zero-order chi connectivity index (χ0) is 30.8. The Bertz CT molecular complexity index is 1840. The number of nitriles is 1. The Balaban J connectivity index is 1.38. The third-order valence-electron chi connectivity index (χ3n) is 10.9. The number of benzene rings is 3. The van der Waals surface area contributed by atoms with E-state index >= 15 is 4.39 Å². The van der Waals surface area contributed by atoms with Crippen LogP contribution < -0.4 is 15.0 Å². The summed E-state index contributed by atoms with van der Waals surface area (Å²) < 4.78 is 24.2. The van der Waals surface area contributed by atoms with Gasteiger partial charge in [-0.3, -0.25) is 4.90 Å². The minimum Gasteiger partial charge on any atom is -0.508 e. The molecule has 2 bridgehead atoms. The molecule has 2 N–H and O–H groups in total. The molecule has 3 aromatic carbocycles. The highest BCUT2D eigenvalue weighted by molar-refractivity contribution is 6.04. The lowest BCUT2D eigenvalue weighted by atomic mass is 9.77. The average molecular weight is 606 g/mol. The lowest BCUT2D eigenvalue weighted by Gasteiger charge is -2.47. The largest absolute Gasteiger partial charge is 0.508 e. The van der Waals surface area contributed by atoms with Crippen LogP contribution in [-0.4, -0.2) is 65.9 Å². The van der Waals surface area contributed by atoms with Gasteiger partial charge in [0.1, 0.15) is 17.4 Å². The first kappa shape index (κ1) is 28.5. The van der Waals surface area contributed by atoms with Gasteiger partial charge in [-0.1, -0.05) is 24.3 Å². The molecular formula is C37H40FN5O2. The number of likely N-dealkylation sites (tertiary alicyclic amines) is 1. The lowest BCUT2D eigenvalue weighted by molar-refractivity contribution is 0.116. The van der Waals surface area contributed by atoms with E-state index in [1.165, 1.54) is 6.42 Å². The van der Waals surface area contributed by atoms with Crippen LogP contribution in [0.1, 0.15) is 50.2 Å². The molecule has 9 rings (SSSR count). The van der Waals surface area contributed by atoms with Crippen LogP contribution in [0.2, 0.25) is 0 Å². The highest BCUT2D eigenvalue weighted by Gasteiger charge is 2.51. The van der Waals surface area contributed by atoms with Crippen LogP contribution in [0.4, 0.5) is 10.1 Å². The standard InChI is InChI=1S/C37H40FN5O2/c1-21(31-12-7-14-42(31)2)45-37-27-11-6-15-43(35-24-18-30(35)40-20-24)36(27)29-17-23(9-5-13-39)32(33(38)34(29)41-37)28-19-25(44)16-22-8-3-4-10-26(22)28/h3-4,8,10,16-17,19,21,24,30-31,35,40,44H,5-7,9,11-12,14-15,18,20H2,1-2H3/t21-,24?,30?,31?,35?/m0/s1. The number of rotatable bonds is 7. The van der Waals surface area contributed by atoms with E-state index < -0.39 is 5.82 Å². The Morgan fingerprint density at radius 3 is 2.80 bits per heavy atom. The fraction of sp³-hybridized carbons (Fsp3) is 0.459. The summed E-state index contributed by atoms with van der Waals surface area (Å²) in [5.74, 6) is 0.783. The van der Waals surface area contributed by atoms with Gasteiger partial charge in [0.15, 0.2) is 5.82 Å². The van der Waals surface area contributed by atoms with Gasteiger partial charge >= 0.3 is 0 Å². The summed E-state index contributed by atoms with van der Waals surface area (Å²) in [5, 5.41) is 26.5. The normalized spacial score (nSPS) is 24.9. The first-order chi connectivity index (χ1) is 21.9. The maximum absolute atomic E-state index is 17.4. The summed E-state index contributed by atoms with van der Waals surface area (Å²) in [6, 6.07) is 16.5. The van der Waals surface area contributed by atoms with Gasteiger partial charge < -0.3 is 20.1 Å². The van der Waals surface area contributed by atoms with E-state index in [9.17, 15) is 10.4 Å². The molecule has 4 aliphatic heterocycles. The van der Waals surface area contributed by atoms with Crippen LogP contribution in [0.5, 0.6) is 11.6 Å². The fourth-order valence-corrected chi connectivity index (χ4v) is 8.79. The number of anilines is 1. The molecule has 232 valence electrons. The van der Waals surface area contributed by atoms with Gasteiger partial charge in [0, 0.05) is 54.1 Å². The number of phenols is 1. The molecule has 45 heavy (non-hydrogen) atoms. The second kappa shape index (κ2) is 11.1. The summed E-state index contributed by atoms with van der Waals surface area (Å²) in [6.07, 6.45) is 5.81. The van der Waals surface area contributed by atoms with Crippen LogP contribution in [-0.2, 0) is 12.8 Å². The molecule has 1 aromatic heterocycles. The van der Waals surface area contributed by atoms with Crippen molar-refractivity contribution in [3.8, 4) is 28.8 Å². The number of nitrogens with one attached hydrogen (secondary N) is 1. The zero-order valence-corrected chi connectivity index (χ0v) is 26.0. The number of ether oxygens (including phenoxy) is 1. The van der Waals surface area contributed by atoms with Crippen molar-refractivity contribution in [1.82, 2.24) is 15.2 Å². The molecular weight excluding hydrogens is 565 g/mol. The quantitative estimate of drug-likeness (QED) is 0.255. The van der Waals surface area contributed by atoms with Crippen molar-refractivity contribution in [2.75, 3.05) is 31.6 Å². The van der Waals surface area contributed by atoms with Crippen molar-refractivity contribution >= 4 is 27.4 Å². The van der Waals surface area contributed by atoms with Gasteiger partial charge in [-0.2, -0.15) is 5.26 Å². The van der Waals surface area contributed by atoms with Crippen LogP contribution >= 0.6 is 0 Å². The Morgan fingerprint density at radius 2 is 2.04 bits per heavy atom. The topological polar surface area (TPSA) is 84.6 Å². The maximum Gasteiger partial charge on any atom is 0.219 e. The number of hydrogen-bond donors (Lipinski definition) is 2. The van der Waals surface area contributed by atoms with Crippen molar-refractivity contribution < 1.29 is 14.2 Å². The second-order valence-corrected chi connectivity index (χ2v) is 13.5. The molecule has 5 aliphatic rings. The third kappa shape index (κ3) is 4.62. The zero-order valence-electron chi connectivity index (χ0n) is 26.0. The molecule has 4 aromatic rings. The Labute approximate surface area is 263 Å². The summed E-state index contributed by atoms with van der Waals surface area (Å²) in [7, 11) is 2.15. The summed E-state index contributed by atoms with van der Waals surface area (Å²) in [5.41, 5.74) is 4.20. The summed E-state index contributed by atoms with van der Waals surface area (Å²) >= 11 is 0.